The molecule has 0 unspecified atom stereocenters. The Balaban J connectivity index is 1.60. The molecule has 4 nitrogen and oxygen atoms in total. The summed E-state index contributed by atoms with van der Waals surface area (Å²) < 4.78 is 7.58. The number of nitrogens with zero attached hydrogens (tertiary/aromatic N) is 2. The maximum Gasteiger partial charge on any atom is 0.185 e. The normalized spacial score (nSPS) is 11.0. The largest absolute Gasteiger partial charge is 0.486 e. The summed E-state index contributed by atoms with van der Waals surface area (Å²) in [6, 6.07) is 14.4. The van der Waals surface area contributed by atoms with E-state index in [1.54, 1.807) is 54.7 Å². The van der Waals surface area contributed by atoms with E-state index in [9.17, 15) is 4.79 Å². The SMILES string of the molecule is Cn1ccnc1COc1ccc(C(=O)C=Cc2ccc(Cl)cc2)cc1. The third-order valence-corrected chi connectivity index (χ3v) is 3.98. The minimum Gasteiger partial charge on any atom is -0.486 e. The van der Waals surface area contributed by atoms with Crippen LogP contribution in [0.3, 0.4) is 0 Å². The van der Waals surface area contributed by atoms with E-state index in [4.69, 9.17) is 16.3 Å². The lowest BCUT2D eigenvalue weighted by molar-refractivity contribution is 0.104. The number of hydrogen-bond donors (Lipinski definition) is 0. The van der Waals surface area contributed by atoms with Crippen LogP contribution in [-0.2, 0) is 13.7 Å². The van der Waals surface area contributed by atoms with Crippen LogP contribution < -0.4 is 4.74 Å². The summed E-state index contributed by atoms with van der Waals surface area (Å²) in [4.78, 5) is 16.4. The Morgan fingerprint density at radius 2 is 1.88 bits per heavy atom. The molecule has 0 aliphatic carbocycles. The quantitative estimate of drug-likeness (QED) is 0.483. The number of carbonyl (C=O) groups excluding carboxylic acids is 1. The second-order valence-corrected chi connectivity index (χ2v) is 5.95. The number of aromatic nitrogens is 2. The molecule has 126 valence electrons. The Hall–Kier alpha value is -2.85. The Kier molecular flexibility index (Phi) is 5.31. The molecule has 0 aliphatic rings. The van der Waals surface area contributed by atoms with Gasteiger partial charge in [-0.1, -0.05) is 29.8 Å². The van der Waals surface area contributed by atoms with Gasteiger partial charge < -0.3 is 9.30 Å². The molecule has 0 radical (unpaired) electrons. The van der Waals surface area contributed by atoms with E-state index in [1.807, 2.05) is 29.9 Å². The zero-order valence-electron chi connectivity index (χ0n) is 13.7. The molecular formula is C20H17ClN2O2. The van der Waals surface area contributed by atoms with Gasteiger partial charge in [0.25, 0.3) is 0 Å². The van der Waals surface area contributed by atoms with Crippen molar-refractivity contribution < 1.29 is 9.53 Å². The van der Waals surface area contributed by atoms with Crippen molar-refractivity contribution in [2.24, 2.45) is 7.05 Å². The van der Waals surface area contributed by atoms with E-state index in [0.29, 0.717) is 22.9 Å². The van der Waals surface area contributed by atoms with Crippen molar-refractivity contribution in [3.63, 3.8) is 0 Å². The second kappa shape index (κ2) is 7.81. The van der Waals surface area contributed by atoms with Crippen LogP contribution in [0.4, 0.5) is 0 Å². The average molecular weight is 353 g/mol. The molecule has 2 aromatic carbocycles. The molecule has 0 aliphatic heterocycles. The van der Waals surface area contributed by atoms with Gasteiger partial charge in [0.15, 0.2) is 5.78 Å². The van der Waals surface area contributed by atoms with E-state index >= 15 is 0 Å². The van der Waals surface area contributed by atoms with Crippen molar-refractivity contribution >= 4 is 23.5 Å². The zero-order valence-corrected chi connectivity index (χ0v) is 14.5. The van der Waals surface area contributed by atoms with Gasteiger partial charge in [-0.05, 0) is 48.0 Å². The van der Waals surface area contributed by atoms with Gasteiger partial charge in [0.05, 0.1) is 0 Å². The van der Waals surface area contributed by atoms with Crippen molar-refractivity contribution in [1.29, 1.82) is 0 Å². The van der Waals surface area contributed by atoms with Crippen molar-refractivity contribution in [1.82, 2.24) is 9.55 Å². The first-order chi connectivity index (χ1) is 12.1. The predicted molar refractivity (Wildman–Crippen MR) is 98.8 cm³/mol. The monoisotopic (exact) mass is 352 g/mol. The first kappa shape index (κ1) is 17.0. The summed E-state index contributed by atoms with van der Waals surface area (Å²) in [6.07, 6.45) is 6.91. The summed E-state index contributed by atoms with van der Waals surface area (Å²) in [7, 11) is 1.92. The van der Waals surface area contributed by atoms with Gasteiger partial charge in [0.1, 0.15) is 18.2 Å². The standard InChI is InChI=1S/C20H17ClN2O2/c1-23-13-12-22-20(23)14-25-18-9-5-16(6-10-18)19(24)11-4-15-2-7-17(21)8-3-15/h2-13H,14H2,1H3. The summed E-state index contributed by atoms with van der Waals surface area (Å²) in [5.74, 6) is 1.47. The number of aryl methyl sites for hydroxylation is 1. The molecule has 5 heteroatoms. The molecule has 0 saturated carbocycles. The zero-order chi connectivity index (χ0) is 17.6. The fraction of sp³-hybridized carbons (Fsp3) is 0.100. The Morgan fingerprint density at radius 1 is 1.16 bits per heavy atom. The molecule has 0 atom stereocenters. The van der Waals surface area contributed by atoms with E-state index in [1.165, 1.54) is 0 Å². The van der Waals surface area contributed by atoms with E-state index in [-0.39, 0.29) is 5.78 Å². The average Bonchev–Trinajstić information content (AvgIpc) is 3.04. The number of imidazole rings is 1. The number of benzene rings is 2. The highest BCUT2D eigenvalue weighted by molar-refractivity contribution is 6.30. The van der Waals surface area contributed by atoms with Gasteiger partial charge in [-0.15, -0.1) is 0 Å². The lowest BCUT2D eigenvalue weighted by atomic mass is 10.1. The second-order valence-electron chi connectivity index (χ2n) is 5.52. The van der Waals surface area contributed by atoms with Gasteiger partial charge in [0.2, 0.25) is 0 Å². The summed E-state index contributed by atoms with van der Waals surface area (Å²) >= 11 is 5.84. The van der Waals surface area contributed by atoms with Crippen LogP contribution in [0.25, 0.3) is 6.08 Å². The molecule has 0 bridgehead atoms. The smallest absolute Gasteiger partial charge is 0.185 e. The number of halogens is 1. The minimum absolute atomic E-state index is 0.0643. The van der Waals surface area contributed by atoms with Crippen LogP contribution >= 0.6 is 11.6 Å². The van der Waals surface area contributed by atoms with Crippen molar-refractivity contribution in [3.8, 4) is 5.75 Å². The summed E-state index contributed by atoms with van der Waals surface area (Å²) in [5.41, 5.74) is 1.53. The van der Waals surface area contributed by atoms with Crippen molar-refractivity contribution in [2.45, 2.75) is 6.61 Å². The van der Waals surface area contributed by atoms with Crippen molar-refractivity contribution in [2.75, 3.05) is 0 Å². The molecule has 3 aromatic rings. The Labute approximate surface area is 151 Å². The molecule has 1 aromatic heterocycles. The lowest BCUT2D eigenvalue weighted by Crippen LogP contribution is -2.03. The maximum absolute atomic E-state index is 12.2. The number of carbonyl (C=O) groups is 1. The van der Waals surface area contributed by atoms with Crippen LogP contribution in [0, 0.1) is 0 Å². The highest BCUT2D eigenvalue weighted by atomic mass is 35.5. The number of hydrogen-bond acceptors (Lipinski definition) is 3. The molecule has 1 heterocycles. The minimum atomic E-state index is -0.0643. The van der Waals surface area contributed by atoms with Gasteiger partial charge in [-0.3, -0.25) is 4.79 Å². The Bertz CT molecular complexity index is 881. The number of ketones is 1. The third kappa shape index (κ3) is 4.58. The topological polar surface area (TPSA) is 44.1 Å². The predicted octanol–water partition coefficient (Wildman–Crippen LogP) is 4.55. The van der Waals surface area contributed by atoms with Crippen LogP contribution in [-0.4, -0.2) is 15.3 Å². The van der Waals surface area contributed by atoms with Crippen molar-refractivity contribution in [3.05, 3.63) is 89.0 Å². The third-order valence-electron chi connectivity index (χ3n) is 3.72. The van der Waals surface area contributed by atoms with Crippen LogP contribution in [0.2, 0.25) is 5.02 Å². The fourth-order valence-corrected chi connectivity index (χ4v) is 2.37. The first-order valence-corrected chi connectivity index (χ1v) is 8.16. The Morgan fingerprint density at radius 3 is 2.52 bits per heavy atom. The summed E-state index contributed by atoms with van der Waals surface area (Å²) in [6.45, 7) is 0.382. The van der Waals surface area contributed by atoms with E-state index in [2.05, 4.69) is 4.98 Å². The van der Waals surface area contributed by atoms with E-state index < -0.39 is 0 Å². The highest BCUT2D eigenvalue weighted by Crippen LogP contribution is 2.15. The van der Waals surface area contributed by atoms with Crippen LogP contribution in [0.5, 0.6) is 5.75 Å². The van der Waals surface area contributed by atoms with E-state index in [0.717, 1.165) is 11.4 Å². The van der Waals surface area contributed by atoms with Gasteiger partial charge in [-0.25, -0.2) is 4.98 Å². The molecule has 3 rings (SSSR count). The van der Waals surface area contributed by atoms with Crippen LogP contribution in [0.15, 0.2) is 67.0 Å². The van der Waals surface area contributed by atoms with Crippen LogP contribution in [0.1, 0.15) is 21.7 Å². The van der Waals surface area contributed by atoms with Gasteiger partial charge >= 0.3 is 0 Å². The van der Waals surface area contributed by atoms with Gasteiger partial charge in [0, 0.05) is 30.0 Å². The lowest BCUT2D eigenvalue weighted by Gasteiger charge is -2.06. The molecule has 0 amide bonds. The number of ether oxygens (including phenoxy) is 1. The number of rotatable bonds is 6. The molecule has 0 fully saturated rings. The number of allylic oxidation sites excluding steroid dienone is 1. The molecule has 25 heavy (non-hydrogen) atoms. The molecule has 0 saturated heterocycles. The molecule has 0 N–H and O–H groups in total. The highest BCUT2D eigenvalue weighted by Gasteiger charge is 2.04. The fourth-order valence-electron chi connectivity index (χ4n) is 2.24. The van der Waals surface area contributed by atoms with Gasteiger partial charge in [-0.2, -0.15) is 0 Å². The summed E-state index contributed by atoms with van der Waals surface area (Å²) in [5, 5.41) is 0.671. The maximum atomic E-state index is 12.2. The molecule has 0 spiro atoms. The molecular weight excluding hydrogens is 336 g/mol. The first-order valence-electron chi connectivity index (χ1n) is 7.79.